The number of aromatic nitrogens is 2. The molecule has 3 aromatic rings. The van der Waals surface area contributed by atoms with E-state index in [9.17, 15) is 4.79 Å². The van der Waals surface area contributed by atoms with Crippen LogP contribution < -0.4 is 5.32 Å². The van der Waals surface area contributed by atoms with Crippen molar-refractivity contribution in [2.45, 2.75) is 18.8 Å². The fraction of sp³-hybridized carbons (Fsp3) is 0.304. The summed E-state index contributed by atoms with van der Waals surface area (Å²) in [7, 11) is 0. The summed E-state index contributed by atoms with van der Waals surface area (Å²) >= 11 is 6.42. The lowest BCUT2D eigenvalue weighted by molar-refractivity contribution is -0.129. The summed E-state index contributed by atoms with van der Waals surface area (Å²) in [6.45, 7) is 5.25. The quantitative estimate of drug-likeness (QED) is 0.654. The van der Waals surface area contributed by atoms with Crippen molar-refractivity contribution in [1.82, 2.24) is 19.8 Å². The van der Waals surface area contributed by atoms with Gasteiger partial charge in [0.1, 0.15) is 0 Å². The molecule has 0 aliphatic carbocycles. The fourth-order valence-corrected chi connectivity index (χ4v) is 4.09. The normalized spacial score (nSPS) is 22.7. The second-order valence-electron chi connectivity index (χ2n) is 7.32. The number of carbonyl (C=O) groups is 1. The van der Waals surface area contributed by atoms with E-state index in [1.807, 2.05) is 58.1 Å². The maximum Gasteiger partial charge on any atom is 0.219 e. The molecule has 1 amide bonds. The first-order chi connectivity index (χ1) is 14.6. The van der Waals surface area contributed by atoms with Gasteiger partial charge in [-0.25, -0.2) is 4.98 Å². The highest BCUT2D eigenvalue weighted by Gasteiger charge is 2.61. The minimum absolute atomic E-state index is 0.123. The highest BCUT2D eigenvalue weighted by atomic mass is 35.5. The van der Waals surface area contributed by atoms with Crippen molar-refractivity contribution < 1.29 is 9.53 Å². The average Bonchev–Trinajstić information content (AvgIpc) is 3.30. The van der Waals surface area contributed by atoms with Crippen molar-refractivity contribution >= 4 is 17.5 Å². The van der Waals surface area contributed by atoms with Crippen molar-refractivity contribution in [3.63, 3.8) is 0 Å². The average molecular weight is 425 g/mol. The van der Waals surface area contributed by atoms with Crippen LogP contribution in [-0.2, 0) is 15.1 Å². The molecule has 156 valence electrons. The van der Waals surface area contributed by atoms with Crippen LogP contribution in [0.3, 0.4) is 0 Å². The van der Waals surface area contributed by atoms with E-state index in [0.717, 1.165) is 37.3 Å². The van der Waals surface area contributed by atoms with Crippen molar-refractivity contribution in [3.8, 4) is 0 Å². The van der Waals surface area contributed by atoms with E-state index in [2.05, 4.69) is 22.4 Å². The number of hydrogen-bond donors (Lipinski definition) is 1. The van der Waals surface area contributed by atoms with Gasteiger partial charge in [-0.15, -0.1) is 0 Å². The molecule has 0 radical (unpaired) electrons. The number of nitrogens with zero attached hydrogens (tertiary/aromatic N) is 3. The smallest absolute Gasteiger partial charge is 0.219 e. The Bertz CT molecular complexity index is 974. The van der Waals surface area contributed by atoms with E-state index in [1.165, 1.54) is 0 Å². The first-order valence-electron chi connectivity index (χ1n) is 10.0. The van der Waals surface area contributed by atoms with Gasteiger partial charge >= 0.3 is 0 Å². The minimum Gasteiger partial charge on any atom is -0.340 e. The molecule has 6 nitrogen and oxygen atoms in total. The van der Waals surface area contributed by atoms with Gasteiger partial charge < -0.3 is 19.5 Å². The van der Waals surface area contributed by atoms with Gasteiger partial charge in [0.15, 0.2) is 11.8 Å². The van der Waals surface area contributed by atoms with Gasteiger partial charge in [-0.05, 0) is 11.6 Å². The Hall–Kier alpha value is -2.67. The number of imidazole rings is 1. The molecule has 0 saturated carbocycles. The summed E-state index contributed by atoms with van der Waals surface area (Å²) < 4.78 is 8.11. The van der Waals surface area contributed by atoms with Gasteiger partial charge in [-0.3, -0.25) is 4.79 Å². The second kappa shape index (κ2) is 9.00. The third-order valence-electron chi connectivity index (χ3n) is 5.42. The van der Waals surface area contributed by atoms with Crippen molar-refractivity contribution in [2.75, 3.05) is 26.2 Å². The van der Waals surface area contributed by atoms with Gasteiger partial charge in [0.25, 0.3) is 0 Å². The molecule has 2 fully saturated rings. The number of hydrogen-bond acceptors (Lipinski definition) is 4. The first-order valence-corrected chi connectivity index (χ1v) is 10.4. The van der Waals surface area contributed by atoms with Crippen molar-refractivity contribution in [2.24, 2.45) is 0 Å². The topological polar surface area (TPSA) is 62.7 Å². The molecule has 1 N–H and O–H groups in total. The zero-order chi connectivity index (χ0) is 21.0. The predicted octanol–water partition coefficient (Wildman–Crippen LogP) is 3.45. The molecule has 2 aliphatic rings. The molecule has 2 aliphatic heterocycles. The SMILES string of the molecule is CC(=O)N1CCNCC1.Clc1ccccc1C1(c2ccccc2)OC1n1ccnc1. The van der Waals surface area contributed by atoms with Crippen LogP contribution in [0.5, 0.6) is 0 Å². The lowest BCUT2D eigenvalue weighted by Crippen LogP contribution is -2.45. The molecule has 0 spiro atoms. The van der Waals surface area contributed by atoms with Crippen LogP contribution >= 0.6 is 11.6 Å². The van der Waals surface area contributed by atoms with E-state index in [0.29, 0.717) is 5.02 Å². The molecule has 2 saturated heterocycles. The van der Waals surface area contributed by atoms with E-state index in [-0.39, 0.29) is 12.1 Å². The Balaban J connectivity index is 0.000000204. The van der Waals surface area contributed by atoms with Crippen LogP contribution in [0.15, 0.2) is 73.3 Å². The molecular weight excluding hydrogens is 400 g/mol. The van der Waals surface area contributed by atoms with Crippen LogP contribution in [0.25, 0.3) is 0 Å². The summed E-state index contributed by atoms with van der Waals surface area (Å²) in [6, 6.07) is 18.0. The zero-order valence-electron chi connectivity index (χ0n) is 16.9. The third kappa shape index (κ3) is 4.12. The Morgan fingerprint density at radius 1 is 1.13 bits per heavy atom. The standard InChI is InChI=1S/C17H13ClN2O.C6H12N2O/c18-15-9-5-4-8-14(15)17(13-6-2-1-3-7-13)16(21-17)20-11-10-19-12-20;1-6(9)8-4-2-7-3-5-8/h1-12,16H;7H,2-5H2,1H3. The van der Waals surface area contributed by atoms with Crippen LogP contribution in [-0.4, -0.2) is 46.5 Å². The molecule has 0 bridgehead atoms. The Kier molecular flexibility index (Phi) is 6.18. The summed E-state index contributed by atoms with van der Waals surface area (Å²) in [4.78, 5) is 16.7. The molecule has 30 heavy (non-hydrogen) atoms. The zero-order valence-corrected chi connectivity index (χ0v) is 17.6. The van der Waals surface area contributed by atoms with Crippen LogP contribution in [0, 0.1) is 0 Å². The largest absolute Gasteiger partial charge is 0.340 e. The van der Waals surface area contributed by atoms with Crippen molar-refractivity contribution in [3.05, 3.63) is 89.5 Å². The minimum atomic E-state index is -0.541. The third-order valence-corrected chi connectivity index (χ3v) is 5.75. The van der Waals surface area contributed by atoms with Gasteiger partial charge in [0.2, 0.25) is 5.91 Å². The Labute approximate surface area is 181 Å². The number of amides is 1. The first kappa shape index (κ1) is 20.6. The Morgan fingerprint density at radius 2 is 1.83 bits per heavy atom. The maximum atomic E-state index is 10.7. The number of halogens is 1. The number of rotatable bonds is 3. The number of carbonyl (C=O) groups excluding carboxylic acids is 1. The van der Waals surface area contributed by atoms with Gasteiger partial charge in [-0.2, -0.15) is 0 Å². The number of ether oxygens (including phenoxy) is 1. The second-order valence-corrected chi connectivity index (χ2v) is 7.72. The van der Waals surface area contributed by atoms with E-state index >= 15 is 0 Å². The summed E-state index contributed by atoms with van der Waals surface area (Å²) in [5.41, 5.74) is 1.54. The van der Waals surface area contributed by atoms with Gasteiger partial charge in [0.05, 0.1) is 6.33 Å². The molecule has 7 heteroatoms. The molecule has 5 rings (SSSR count). The van der Waals surface area contributed by atoms with Crippen LogP contribution in [0.2, 0.25) is 5.02 Å². The lowest BCUT2D eigenvalue weighted by Gasteiger charge is -2.25. The Morgan fingerprint density at radius 3 is 2.43 bits per heavy atom. The molecule has 1 aromatic heterocycles. The predicted molar refractivity (Wildman–Crippen MR) is 116 cm³/mol. The van der Waals surface area contributed by atoms with Crippen LogP contribution in [0.4, 0.5) is 0 Å². The monoisotopic (exact) mass is 424 g/mol. The highest BCUT2D eigenvalue weighted by Crippen LogP contribution is 2.59. The molecule has 3 heterocycles. The number of benzene rings is 2. The highest BCUT2D eigenvalue weighted by molar-refractivity contribution is 6.31. The lowest BCUT2D eigenvalue weighted by atomic mass is 9.90. The fourth-order valence-electron chi connectivity index (χ4n) is 3.81. The van der Waals surface area contributed by atoms with E-state index in [1.54, 1.807) is 19.4 Å². The van der Waals surface area contributed by atoms with Crippen LogP contribution in [0.1, 0.15) is 24.3 Å². The van der Waals surface area contributed by atoms with Crippen molar-refractivity contribution in [1.29, 1.82) is 0 Å². The summed E-state index contributed by atoms with van der Waals surface area (Å²) in [6.07, 6.45) is 5.31. The number of nitrogens with one attached hydrogen (secondary N) is 1. The number of piperazine rings is 1. The van der Waals surface area contributed by atoms with Gasteiger partial charge in [-0.1, -0.05) is 60.1 Å². The number of epoxide rings is 1. The maximum absolute atomic E-state index is 10.7. The summed E-state index contributed by atoms with van der Waals surface area (Å²) in [5, 5.41) is 3.89. The van der Waals surface area contributed by atoms with Gasteiger partial charge in [0, 0.05) is 56.1 Å². The van der Waals surface area contributed by atoms with E-state index in [4.69, 9.17) is 16.3 Å². The summed E-state index contributed by atoms with van der Waals surface area (Å²) in [5.74, 6) is 0.191. The molecular formula is C23H25ClN4O2. The molecule has 2 aromatic carbocycles. The van der Waals surface area contributed by atoms with E-state index < -0.39 is 5.60 Å². The molecule has 2 atom stereocenters. The molecule has 2 unspecified atom stereocenters.